The molecule has 186 valence electrons. The minimum absolute atomic E-state index is 0.292. The number of halogens is 1. The van der Waals surface area contributed by atoms with Gasteiger partial charge < -0.3 is 14.4 Å². The summed E-state index contributed by atoms with van der Waals surface area (Å²) in [7, 11) is 3.20. The Morgan fingerprint density at radius 1 is 1.06 bits per heavy atom. The second-order valence-corrected chi connectivity index (χ2v) is 8.73. The molecule has 3 aromatic carbocycles. The van der Waals surface area contributed by atoms with Crippen LogP contribution in [-0.4, -0.2) is 32.9 Å². The first kappa shape index (κ1) is 25.0. The van der Waals surface area contributed by atoms with Crippen LogP contribution in [0.1, 0.15) is 35.3 Å². The average molecular weight is 488 g/mol. The Labute approximate surface area is 211 Å². The largest absolute Gasteiger partial charge is 0.497 e. The predicted octanol–water partition coefficient (Wildman–Crippen LogP) is 5.48. The van der Waals surface area contributed by atoms with Crippen LogP contribution in [0.3, 0.4) is 0 Å². The van der Waals surface area contributed by atoms with E-state index in [1.807, 2.05) is 30.3 Å². The molecule has 36 heavy (non-hydrogen) atoms. The Morgan fingerprint density at radius 2 is 1.75 bits per heavy atom. The molecule has 1 heterocycles. The molecule has 0 fully saturated rings. The number of anilines is 1. The van der Waals surface area contributed by atoms with Gasteiger partial charge in [-0.3, -0.25) is 4.79 Å². The number of benzene rings is 3. The lowest BCUT2D eigenvalue weighted by atomic mass is 9.76. The summed E-state index contributed by atoms with van der Waals surface area (Å²) in [5.41, 5.74) is 6.03. The van der Waals surface area contributed by atoms with E-state index in [1.54, 1.807) is 56.8 Å². The maximum absolute atomic E-state index is 14.9. The molecule has 0 saturated heterocycles. The lowest BCUT2D eigenvalue weighted by molar-refractivity contribution is 0.0955. The van der Waals surface area contributed by atoms with E-state index in [4.69, 9.17) is 9.47 Å². The smallest absolute Gasteiger partial charge is 0.271 e. The summed E-state index contributed by atoms with van der Waals surface area (Å²) < 4.78 is 25.8. The Bertz CT molecular complexity index is 1310. The van der Waals surface area contributed by atoms with Crippen molar-refractivity contribution in [2.24, 2.45) is 5.10 Å². The highest BCUT2D eigenvalue weighted by atomic mass is 19.1. The summed E-state index contributed by atoms with van der Waals surface area (Å²) in [5, 5.41) is 4.15. The van der Waals surface area contributed by atoms with E-state index in [9.17, 15) is 9.18 Å². The number of nitrogens with zero attached hydrogens (tertiary/aromatic N) is 2. The van der Waals surface area contributed by atoms with Gasteiger partial charge >= 0.3 is 0 Å². The standard InChI is InChI=1S/C29H30FN3O3/c1-5-33-26-14-12-23(36-4)18-24(26)29(2,19-21-17-22(35-3)11-13-25(21)30)27(33)15-16-31-32-28(34)20-9-7-6-8-10-20/h6-18H,5,19H2,1-4H3,(H,32,34)/b27-15-,31-16+. The number of fused-ring (bicyclic) bond motifs is 1. The van der Waals surface area contributed by atoms with Gasteiger partial charge in [-0.15, -0.1) is 0 Å². The molecule has 6 nitrogen and oxygen atoms in total. The summed E-state index contributed by atoms with van der Waals surface area (Å²) in [6.45, 7) is 4.85. The van der Waals surface area contributed by atoms with E-state index in [0.29, 0.717) is 29.8 Å². The van der Waals surface area contributed by atoms with Crippen molar-refractivity contribution in [1.29, 1.82) is 0 Å². The number of hydrogen-bond donors (Lipinski definition) is 1. The highest BCUT2D eigenvalue weighted by Crippen LogP contribution is 2.50. The van der Waals surface area contributed by atoms with Crippen molar-refractivity contribution in [3.63, 3.8) is 0 Å². The van der Waals surface area contributed by atoms with E-state index in [0.717, 1.165) is 22.7 Å². The molecule has 4 rings (SSSR count). The van der Waals surface area contributed by atoms with Crippen LogP contribution in [0, 0.1) is 5.82 Å². The molecule has 0 bridgehead atoms. The molecule has 0 spiro atoms. The number of likely N-dealkylation sites (N-methyl/N-ethyl adjacent to an activating group) is 1. The van der Waals surface area contributed by atoms with Gasteiger partial charge in [0.1, 0.15) is 17.3 Å². The fourth-order valence-corrected chi connectivity index (χ4v) is 4.74. The first-order chi connectivity index (χ1) is 17.4. The van der Waals surface area contributed by atoms with Gasteiger partial charge in [0, 0.05) is 35.1 Å². The van der Waals surface area contributed by atoms with Gasteiger partial charge in [0.2, 0.25) is 0 Å². The molecule has 3 aromatic rings. The maximum atomic E-state index is 14.9. The number of carbonyl (C=O) groups is 1. The second-order valence-electron chi connectivity index (χ2n) is 8.73. The number of methoxy groups -OCH3 is 2. The maximum Gasteiger partial charge on any atom is 0.271 e. The van der Waals surface area contributed by atoms with Crippen molar-refractivity contribution in [2.75, 3.05) is 25.7 Å². The Balaban J connectivity index is 1.73. The van der Waals surface area contributed by atoms with Crippen molar-refractivity contribution in [3.8, 4) is 11.5 Å². The predicted molar refractivity (Wildman–Crippen MR) is 141 cm³/mol. The first-order valence-corrected chi connectivity index (χ1v) is 11.8. The van der Waals surface area contributed by atoms with Crippen LogP contribution in [-0.2, 0) is 11.8 Å². The van der Waals surface area contributed by atoms with Crippen LogP contribution >= 0.6 is 0 Å². The molecule has 7 heteroatoms. The average Bonchev–Trinajstić information content (AvgIpc) is 3.14. The Hall–Kier alpha value is -4.13. The van der Waals surface area contributed by atoms with Crippen molar-refractivity contribution in [3.05, 3.63) is 101 Å². The van der Waals surface area contributed by atoms with Gasteiger partial charge in [-0.25, -0.2) is 9.82 Å². The molecule has 0 saturated carbocycles. The van der Waals surface area contributed by atoms with E-state index in [2.05, 4.69) is 29.3 Å². The lowest BCUT2D eigenvalue weighted by Gasteiger charge is -2.30. The molecule has 1 aliphatic rings. The number of carbonyl (C=O) groups excluding carboxylic acids is 1. The zero-order valence-corrected chi connectivity index (χ0v) is 20.9. The van der Waals surface area contributed by atoms with Crippen LogP contribution in [0.4, 0.5) is 10.1 Å². The molecular formula is C29H30FN3O3. The van der Waals surface area contributed by atoms with Gasteiger partial charge in [-0.2, -0.15) is 5.10 Å². The monoisotopic (exact) mass is 487 g/mol. The zero-order valence-electron chi connectivity index (χ0n) is 20.9. The number of hydrogen-bond acceptors (Lipinski definition) is 5. The molecule has 1 unspecified atom stereocenters. The van der Waals surface area contributed by atoms with Crippen LogP contribution in [0.2, 0.25) is 0 Å². The normalized spacial score (nSPS) is 17.9. The minimum atomic E-state index is -0.595. The van der Waals surface area contributed by atoms with Crippen LogP contribution < -0.4 is 19.8 Å². The minimum Gasteiger partial charge on any atom is -0.497 e. The van der Waals surface area contributed by atoms with Crippen LogP contribution in [0.25, 0.3) is 0 Å². The van der Waals surface area contributed by atoms with Crippen molar-refractivity contribution in [2.45, 2.75) is 25.7 Å². The molecule has 0 aliphatic carbocycles. The number of amides is 1. The molecule has 1 aliphatic heterocycles. The fraction of sp³-hybridized carbons (Fsp3) is 0.241. The molecule has 1 amide bonds. The second kappa shape index (κ2) is 10.6. The third-order valence-corrected chi connectivity index (χ3v) is 6.57. The fourth-order valence-electron chi connectivity index (χ4n) is 4.74. The van der Waals surface area contributed by atoms with Gasteiger partial charge in [0.15, 0.2) is 0 Å². The van der Waals surface area contributed by atoms with Gasteiger partial charge in [-0.1, -0.05) is 18.2 Å². The SMILES string of the molecule is CCN1/C(=C\C=N\NC(=O)c2ccccc2)C(C)(Cc2cc(OC)ccc2F)c2cc(OC)ccc21. The Kier molecular flexibility index (Phi) is 7.38. The van der Waals surface area contributed by atoms with Crippen LogP contribution in [0.15, 0.2) is 83.6 Å². The van der Waals surface area contributed by atoms with E-state index in [-0.39, 0.29) is 11.7 Å². The molecular weight excluding hydrogens is 457 g/mol. The number of nitrogens with one attached hydrogen (secondary N) is 1. The van der Waals surface area contributed by atoms with Gasteiger partial charge in [0.05, 0.1) is 14.2 Å². The third kappa shape index (κ3) is 4.82. The van der Waals surface area contributed by atoms with E-state index in [1.165, 1.54) is 6.07 Å². The number of ether oxygens (including phenoxy) is 2. The van der Waals surface area contributed by atoms with Gasteiger partial charge in [-0.05, 0) is 86.0 Å². The highest BCUT2D eigenvalue weighted by Gasteiger charge is 2.43. The zero-order chi connectivity index (χ0) is 25.7. The number of rotatable bonds is 8. The van der Waals surface area contributed by atoms with Crippen molar-refractivity contribution >= 4 is 17.8 Å². The number of allylic oxidation sites excluding steroid dienone is 2. The molecule has 0 radical (unpaired) electrons. The number of hydrazone groups is 1. The molecule has 0 aromatic heterocycles. The summed E-state index contributed by atoms with van der Waals surface area (Å²) in [4.78, 5) is 14.5. The molecule has 1 atom stereocenters. The van der Waals surface area contributed by atoms with E-state index >= 15 is 0 Å². The first-order valence-electron chi connectivity index (χ1n) is 11.8. The Morgan fingerprint density at radius 3 is 2.44 bits per heavy atom. The topological polar surface area (TPSA) is 63.2 Å². The summed E-state index contributed by atoms with van der Waals surface area (Å²) in [6, 6.07) is 19.6. The summed E-state index contributed by atoms with van der Waals surface area (Å²) in [5.74, 6) is 0.743. The van der Waals surface area contributed by atoms with Crippen molar-refractivity contribution < 1.29 is 18.7 Å². The summed E-state index contributed by atoms with van der Waals surface area (Å²) >= 11 is 0. The van der Waals surface area contributed by atoms with Gasteiger partial charge in [0.25, 0.3) is 5.91 Å². The van der Waals surface area contributed by atoms with E-state index < -0.39 is 5.41 Å². The third-order valence-electron chi connectivity index (χ3n) is 6.57. The lowest BCUT2D eigenvalue weighted by Crippen LogP contribution is -2.31. The van der Waals surface area contributed by atoms with Crippen LogP contribution in [0.5, 0.6) is 11.5 Å². The quantitative estimate of drug-likeness (QED) is 0.338. The summed E-state index contributed by atoms with van der Waals surface area (Å²) in [6.07, 6.45) is 3.84. The molecule has 1 N–H and O–H groups in total. The highest BCUT2D eigenvalue weighted by molar-refractivity contribution is 5.94. The van der Waals surface area contributed by atoms with Crippen molar-refractivity contribution in [1.82, 2.24) is 5.43 Å².